The fourth-order valence-corrected chi connectivity index (χ4v) is 1.91. The summed E-state index contributed by atoms with van der Waals surface area (Å²) in [4.78, 5) is 16.7. The van der Waals surface area contributed by atoms with Gasteiger partial charge in [-0.2, -0.15) is 0 Å². The third-order valence-corrected chi connectivity index (χ3v) is 2.76. The minimum absolute atomic E-state index is 0.0567. The molecule has 0 amide bonds. The van der Waals surface area contributed by atoms with Crippen LogP contribution in [0.15, 0.2) is 22.6 Å². The van der Waals surface area contributed by atoms with Crippen molar-refractivity contribution in [3.63, 3.8) is 0 Å². The lowest BCUT2D eigenvalue weighted by Crippen LogP contribution is -2.18. The Morgan fingerprint density at radius 2 is 2.31 bits per heavy atom. The Morgan fingerprint density at radius 1 is 1.54 bits per heavy atom. The molecule has 2 aromatic rings. The number of nitrogens with zero attached hydrogens (tertiary/aromatic N) is 2. The van der Waals surface area contributed by atoms with Crippen LogP contribution in [0.3, 0.4) is 0 Å². The van der Waals surface area contributed by atoms with Gasteiger partial charge in [-0.25, -0.2) is 4.98 Å². The minimum Gasteiger partial charge on any atom is -0.269 e. The van der Waals surface area contributed by atoms with Crippen molar-refractivity contribution in [1.82, 2.24) is 9.38 Å². The SMILES string of the molecule is CC(C)c1cnc2sccn2c1=O. The molecule has 0 spiro atoms. The van der Waals surface area contributed by atoms with Gasteiger partial charge in [-0.05, 0) is 5.92 Å². The second-order valence-electron chi connectivity index (χ2n) is 3.23. The molecular formula is C9H10N2OS. The van der Waals surface area contributed by atoms with Crippen LogP contribution in [0.2, 0.25) is 0 Å². The van der Waals surface area contributed by atoms with E-state index in [4.69, 9.17) is 0 Å². The highest BCUT2D eigenvalue weighted by atomic mass is 32.1. The van der Waals surface area contributed by atoms with Gasteiger partial charge in [0, 0.05) is 23.3 Å². The third kappa shape index (κ3) is 1.27. The zero-order valence-corrected chi connectivity index (χ0v) is 8.34. The van der Waals surface area contributed by atoms with E-state index in [1.807, 2.05) is 19.2 Å². The van der Waals surface area contributed by atoms with Crippen molar-refractivity contribution in [2.45, 2.75) is 19.8 Å². The average Bonchev–Trinajstić information content (AvgIpc) is 2.52. The minimum atomic E-state index is 0.0567. The molecule has 2 rings (SSSR count). The van der Waals surface area contributed by atoms with Gasteiger partial charge in [0.1, 0.15) is 0 Å². The van der Waals surface area contributed by atoms with Crippen LogP contribution in [-0.2, 0) is 0 Å². The summed E-state index contributed by atoms with van der Waals surface area (Å²) in [6, 6.07) is 0. The van der Waals surface area contributed by atoms with E-state index in [0.29, 0.717) is 0 Å². The molecule has 4 heteroatoms. The van der Waals surface area contributed by atoms with Crippen molar-refractivity contribution in [1.29, 1.82) is 0 Å². The lowest BCUT2D eigenvalue weighted by Gasteiger charge is -2.02. The molecule has 0 aliphatic heterocycles. The molecule has 2 heterocycles. The van der Waals surface area contributed by atoms with E-state index in [0.717, 1.165) is 10.5 Å². The Labute approximate surface area is 79.7 Å². The van der Waals surface area contributed by atoms with E-state index in [9.17, 15) is 4.79 Å². The van der Waals surface area contributed by atoms with E-state index in [1.54, 1.807) is 16.8 Å². The lowest BCUT2D eigenvalue weighted by molar-refractivity contribution is 0.825. The van der Waals surface area contributed by atoms with Gasteiger partial charge >= 0.3 is 0 Å². The molecule has 0 bridgehead atoms. The molecule has 0 atom stereocenters. The quantitative estimate of drug-likeness (QED) is 0.694. The van der Waals surface area contributed by atoms with E-state index in [-0.39, 0.29) is 11.5 Å². The zero-order valence-electron chi connectivity index (χ0n) is 7.52. The van der Waals surface area contributed by atoms with Crippen LogP contribution in [0.25, 0.3) is 4.96 Å². The highest BCUT2D eigenvalue weighted by Crippen LogP contribution is 2.11. The molecule has 13 heavy (non-hydrogen) atoms. The monoisotopic (exact) mass is 194 g/mol. The zero-order chi connectivity index (χ0) is 9.42. The summed E-state index contributed by atoms with van der Waals surface area (Å²) < 4.78 is 1.60. The van der Waals surface area contributed by atoms with Crippen molar-refractivity contribution >= 4 is 16.3 Å². The molecule has 0 unspecified atom stereocenters. The molecule has 0 radical (unpaired) electrons. The molecular weight excluding hydrogens is 184 g/mol. The summed E-state index contributed by atoms with van der Waals surface area (Å²) >= 11 is 1.47. The summed E-state index contributed by atoms with van der Waals surface area (Å²) in [6.07, 6.45) is 3.44. The van der Waals surface area contributed by atoms with E-state index in [2.05, 4.69) is 4.98 Å². The smallest absolute Gasteiger partial charge is 0.261 e. The van der Waals surface area contributed by atoms with Gasteiger partial charge in [0.25, 0.3) is 5.56 Å². The van der Waals surface area contributed by atoms with Gasteiger partial charge in [0.2, 0.25) is 0 Å². The Morgan fingerprint density at radius 3 is 3.00 bits per heavy atom. The molecule has 0 N–H and O–H groups in total. The second-order valence-corrected chi connectivity index (χ2v) is 4.10. The van der Waals surface area contributed by atoms with Gasteiger partial charge in [-0.15, -0.1) is 11.3 Å². The molecule has 0 saturated carbocycles. The van der Waals surface area contributed by atoms with Crippen molar-refractivity contribution < 1.29 is 0 Å². The first kappa shape index (κ1) is 8.44. The maximum absolute atomic E-state index is 11.8. The van der Waals surface area contributed by atoms with Gasteiger partial charge in [0.15, 0.2) is 4.96 Å². The van der Waals surface area contributed by atoms with Crippen molar-refractivity contribution in [3.8, 4) is 0 Å². The van der Waals surface area contributed by atoms with E-state index < -0.39 is 0 Å². The van der Waals surface area contributed by atoms with Gasteiger partial charge in [-0.3, -0.25) is 9.20 Å². The van der Waals surface area contributed by atoms with Crippen LogP contribution < -0.4 is 5.56 Å². The summed E-state index contributed by atoms with van der Waals surface area (Å²) in [5.74, 6) is 0.233. The summed E-state index contributed by atoms with van der Waals surface area (Å²) in [5, 5.41) is 1.87. The summed E-state index contributed by atoms with van der Waals surface area (Å²) in [7, 11) is 0. The first-order chi connectivity index (χ1) is 6.20. The first-order valence-electron chi connectivity index (χ1n) is 4.15. The normalized spacial score (nSPS) is 11.3. The number of rotatable bonds is 1. The number of aromatic nitrogens is 2. The Bertz CT molecular complexity index is 484. The highest BCUT2D eigenvalue weighted by Gasteiger charge is 2.07. The highest BCUT2D eigenvalue weighted by molar-refractivity contribution is 7.15. The van der Waals surface area contributed by atoms with Crippen LogP contribution in [0.5, 0.6) is 0 Å². The Hall–Kier alpha value is -1.16. The number of hydrogen-bond acceptors (Lipinski definition) is 3. The molecule has 0 aliphatic rings. The Kier molecular flexibility index (Phi) is 1.92. The number of fused-ring (bicyclic) bond motifs is 1. The van der Waals surface area contributed by atoms with Crippen LogP contribution in [0.4, 0.5) is 0 Å². The standard InChI is InChI=1S/C9H10N2OS/c1-6(2)7-5-10-9-11(8(7)12)3-4-13-9/h3-6H,1-2H3. The largest absolute Gasteiger partial charge is 0.269 e. The van der Waals surface area contributed by atoms with E-state index >= 15 is 0 Å². The Balaban J connectivity index is 2.81. The molecule has 0 aromatic carbocycles. The van der Waals surface area contributed by atoms with Gasteiger partial charge < -0.3 is 0 Å². The number of thiazole rings is 1. The summed E-state index contributed by atoms with van der Waals surface area (Å²) in [5.41, 5.74) is 0.831. The maximum Gasteiger partial charge on any atom is 0.261 e. The molecule has 2 aromatic heterocycles. The maximum atomic E-state index is 11.8. The lowest BCUT2D eigenvalue weighted by atomic mass is 10.1. The van der Waals surface area contributed by atoms with Crippen molar-refractivity contribution in [3.05, 3.63) is 33.7 Å². The van der Waals surface area contributed by atoms with Gasteiger partial charge in [0.05, 0.1) is 0 Å². The van der Waals surface area contributed by atoms with Crippen LogP contribution >= 0.6 is 11.3 Å². The summed E-state index contributed by atoms with van der Waals surface area (Å²) in [6.45, 7) is 3.99. The fraction of sp³-hybridized carbons (Fsp3) is 0.333. The van der Waals surface area contributed by atoms with Crippen molar-refractivity contribution in [2.24, 2.45) is 0 Å². The fourth-order valence-electron chi connectivity index (χ4n) is 1.23. The predicted molar refractivity (Wildman–Crippen MR) is 53.4 cm³/mol. The van der Waals surface area contributed by atoms with E-state index in [1.165, 1.54) is 11.3 Å². The van der Waals surface area contributed by atoms with Crippen molar-refractivity contribution in [2.75, 3.05) is 0 Å². The average molecular weight is 194 g/mol. The molecule has 68 valence electrons. The molecule has 0 fully saturated rings. The predicted octanol–water partition coefficient (Wildman–Crippen LogP) is 1.88. The molecule has 3 nitrogen and oxygen atoms in total. The van der Waals surface area contributed by atoms with Crippen LogP contribution in [-0.4, -0.2) is 9.38 Å². The van der Waals surface area contributed by atoms with Gasteiger partial charge in [-0.1, -0.05) is 13.8 Å². The molecule has 0 saturated heterocycles. The van der Waals surface area contributed by atoms with Crippen LogP contribution in [0, 0.1) is 0 Å². The second kappa shape index (κ2) is 2.96. The third-order valence-electron chi connectivity index (χ3n) is 1.99. The topological polar surface area (TPSA) is 34.4 Å². The van der Waals surface area contributed by atoms with Crippen LogP contribution in [0.1, 0.15) is 25.3 Å². The first-order valence-corrected chi connectivity index (χ1v) is 5.03. The number of hydrogen-bond donors (Lipinski definition) is 0. The molecule has 0 aliphatic carbocycles.